The molecule has 0 spiro atoms. The minimum absolute atomic E-state index is 1.33. The van der Waals surface area contributed by atoms with Crippen LogP contribution < -0.4 is 3.58 Å². The van der Waals surface area contributed by atoms with Gasteiger partial charge in [0.25, 0.3) is 0 Å². The van der Waals surface area contributed by atoms with E-state index in [0.717, 1.165) is 0 Å². The second-order valence-electron chi connectivity index (χ2n) is 6.67. The number of hydrogen-bond acceptors (Lipinski definition) is 2. The molecular formula is C19H31NSSn. The van der Waals surface area contributed by atoms with Crippen LogP contribution in [0.4, 0.5) is 0 Å². The van der Waals surface area contributed by atoms with Crippen molar-refractivity contribution in [3.05, 3.63) is 24.4 Å². The van der Waals surface area contributed by atoms with E-state index in [1.165, 1.54) is 48.6 Å². The second-order valence-corrected chi connectivity index (χ2v) is 20.7. The average molecular weight is 424 g/mol. The van der Waals surface area contributed by atoms with E-state index < -0.39 is 18.4 Å². The number of aromatic nitrogens is 1. The molecule has 2 rings (SSSR count). The first kappa shape index (κ1) is 18.3. The van der Waals surface area contributed by atoms with Gasteiger partial charge in [0.15, 0.2) is 0 Å². The summed E-state index contributed by atoms with van der Waals surface area (Å²) in [6.45, 7) is 7.05. The fourth-order valence-corrected chi connectivity index (χ4v) is 20.5. The van der Waals surface area contributed by atoms with E-state index in [2.05, 4.69) is 43.3 Å². The molecule has 1 nitrogen and oxygen atoms in total. The summed E-state index contributed by atoms with van der Waals surface area (Å²) >= 11 is -0.562. The molecule has 1 aromatic carbocycles. The summed E-state index contributed by atoms with van der Waals surface area (Å²) in [5.41, 5.74) is 0. The summed E-state index contributed by atoms with van der Waals surface area (Å²) in [6.07, 6.45) is 10.4. The third-order valence-electron chi connectivity index (χ3n) is 5.00. The summed E-state index contributed by atoms with van der Waals surface area (Å²) in [5.74, 6) is 0. The summed E-state index contributed by atoms with van der Waals surface area (Å²) in [7, 11) is 0. The zero-order valence-electron chi connectivity index (χ0n) is 14.5. The van der Waals surface area contributed by atoms with Gasteiger partial charge < -0.3 is 0 Å². The Bertz CT molecular complexity index is 542. The summed E-state index contributed by atoms with van der Waals surface area (Å²) < 4.78 is 12.2. The first-order chi connectivity index (χ1) is 10.8. The molecule has 0 aliphatic heterocycles. The van der Waals surface area contributed by atoms with Crippen LogP contribution in [0.3, 0.4) is 0 Å². The molecule has 0 unspecified atom stereocenters. The topological polar surface area (TPSA) is 12.9 Å². The molecule has 0 fully saturated rings. The summed E-state index contributed by atoms with van der Waals surface area (Å²) in [5, 5.41) is 1.33. The molecule has 0 amide bonds. The molecule has 0 aliphatic carbocycles. The van der Waals surface area contributed by atoms with Gasteiger partial charge in [0, 0.05) is 0 Å². The molecule has 0 saturated carbocycles. The second kappa shape index (κ2) is 9.26. The number of nitrogens with zero attached hydrogens (tertiary/aromatic N) is 1. The molecule has 122 valence electrons. The van der Waals surface area contributed by atoms with Gasteiger partial charge >= 0.3 is 145 Å². The molecule has 3 heteroatoms. The van der Waals surface area contributed by atoms with Crippen LogP contribution in [-0.2, 0) is 0 Å². The number of hydrogen-bond donors (Lipinski definition) is 0. The van der Waals surface area contributed by atoms with Crippen LogP contribution in [0.25, 0.3) is 10.1 Å². The van der Waals surface area contributed by atoms with Gasteiger partial charge in [0.2, 0.25) is 0 Å². The number of rotatable bonds is 10. The standard InChI is InChI=1S/C7H4NS.3C4H9.Sn/c1-2-4-7-6(3-1)5-8-9-7;3*1-3-4-2;/h1,3-5H;3*1,3-4H2,2H3;. The first-order valence-electron chi connectivity index (χ1n) is 9.10. The van der Waals surface area contributed by atoms with Crippen LogP contribution in [0.1, 0.15) is 59.3 Å². The van der Waals surface area contributed by atoms with Crippen LogP contribution in [0.2, 0.25) is 13.3 Å². The van der Waals surface area contributed by atoms with E-state index in [4.69, 9.17) is 0 Å². The fraction of sp³-hybridized carbons (Fsp3) is 0.632. The van der Waals surface area contributed by atoms with E-state index in [1.807, 2.05) is 6.20 Å². The van der Waals surface area contributed by atoms with E-state index in [-0.39, 0.29) is 0 Å². The van der Waals surface area contributed by atoms with Gasteiger partial charge in [-0.05, 0) is 0 Å². The van der Waals surface area contributed by atoms with Crippen LogP contribution in [-0.4, -0.2) is 22.8 Å². The van der Waals surface area contributed by atoms with Crippen molar-refractivity contribution >= 4 is 43.6 Å². The Morgan fingerprint density at radius 2 is 1.50 bits per heavy atom. The maximum atomic E-state index is 4.38. The van der Waals surface area contributed by atoms with Gasteiger partial charge in [-0.25, -0.2) is 0 Å². The van der Waals surface area contributed by atoms with Crippen LogP contribution >= 0.6 is 11.5 Å². The molecule has 22 heavy (non-hydrogen) atoms. The molecule has 1 heterocycles. The Balaban J connectivity index is 2.36. The van der Waals surface area contributed by atoms with Gasteiger partial charge in [-0.1, -0.05) is 0 Å². The van der Waals surface area contributed by atoms with E-state index in [9.17, 15) is 0 Å². The van der Waals surface area contributed by atoms with Crippen LogP contribution in [0.15, 0.2) is 24.4 Å². The van der Waals surface area contributed by atoms with Gasteiger partial charge in [-0.15, -0.1) is 0 Å². The predicted molar refractivity (Wildman–Crippen MR) is 104 cm³/mol. The van der Waals surface area contributed by atoms with Crippen LogP contribution in [0.5, 0.6) is 0 Å². The summed E-state index contributed by atoms with van der Waals surface area (Å²) in [6, 6.07) is 7.35. The SMILES string of the molecule is CCC[CH2][Sn]([CH2]CCC)([CH2]CCC)[c]1ccc2cnsc2c1. The predicted octanol–water partition coefficient (Wildman–Crippen LogP) is 6.35. The normalized spacial score (nSPS) is 12.1. The Morgan fingerprint density at radius 1 is 0.909 bits per heavy atom. The molecule has 0 N–H and O–H groups in total. The van der Waals surface area contributed by atoms with Crippen molar-refractivity contribution in [2.45, 2.75) is 72.6 Å². The molecule has 0 atom stereocenters. The fourth-order valence-electron chi connectivity index (χ4n) is 3.54. The number of benzene rings is 1. The van der Waals surface area contributed by atoms with Crippen molar-refractivity contribution in [2.24, 2.45) is 0 Å². The van der Waals surface area contributed by atoms with Crippen LogP contribution in [0, 0.1) is 0 Å². The minimum atomic E-state index is -2.23. The van der Waals surface area contributed by atoms with E-state index >= 15 is 0 Å². The summed E-state index contributed by atoms with van der Waals surface area (Å²) in [4.78, 5) is 0. The first-order valence-corrected chi connectivity index (χ1v) is 17.4. The van der Waals surface area contributed by atoms with Gasteiger partial charge in [-0.2, -0.15) is 0 Å². The van der Waals surface area contributed by atoms with Gasteiger partial charge in [0.05, 0.1) is 0 Å². The van der Waals surface area contributed by atoms with Crippen molar-refractivity contribution in [3.8, 4) is 0 Å². The van der Waals surface area contributed by atoms with Crippen molar-refractivity contribution in [3.63, 3.8) is 0 Å². The number of unbranched alkanes of at least 4 members (excludes halogenated alkanes) is 3. The zero-order valence-corrected chi connectivity index (χ0v) is 18.2. The van der Waals surface area contributed by atoms with Crippen molar-refractivity contribution in [1.82, 2.24) is 4.37 Å². The third-order valence-corrected chi connectivity index (χ3v) is 21.4. The molecule has 1 aromatic heterocycles. The Morgan fingerprint density at radius 3 is 2.05 bits per heavy atom. The maximum absolute atomic E-state index is 4.38. The molecule has 0 radical (unpaired) electrons. The molecular weight excluding hydrogens is 393 g/mol. The quantitative estimate of drug-likeness (QED) is 0.405. The molecule has 0 saturated heterocycles. The average Bonchev–Trinajstić information content (AvgIpc) is 3.02. The Kier molecular flexibility index (Phi) is 7.69. The Labute approximate surface area is 144 Å². The molecule has 0 aliphatic rings. The van der Waals surface area contributed by atoms with Crippen molar-refractivity contribution in [1.29, 1.82) is 0 Å². The zero-order chi connectivity index (χ0) is 15.8. The molecule has 2 aromatic rings. The molecule has 0 bridgehead atoms. The van der Waals surface area contributed by atoms with Crippen molar-refractivity contribution in [2.75, 3.05) is 0 Å². The third kappa shape index (κ3) is 4.47. The monoisotopic (exact) mass is 425 g/mol. The van der Waals surface area contributed by atoms with Gasteiger partial charge in [-0.3, -0.25) is 0 Å². The number of fused-ring (bicyclic) bond motifs is 1. The van der Waals surface area contributed by atoms with E-state index in [0.29, 0.717) is 0 Å². The van der Waals surface area contributed by atoms with Crippen molar-refractivity contribution < 1.29 is 0 Å². The Hall–Kier alpha value is -0.0913. The van der Waals surface area contributed by atoms with Gasteiger partial charge in [0.1, 0.15) is 0 Å². The van der Waals surface area contributed by atoms with E-state index in [1.54, 1.807) is 28.4 Å².